The summed E-state index contributed by atoms with van der Waals surface area (Å²) < 4.78 is 15.7. The van der Waals surface area contributed by atoms with Crippen LogP contribution in [0.2, 0.25) is 5.02 Å². The lowest BCUT2D eigenvalue weighted by atomic mass is 9.97. The minimum absolute atomic E-state index is 0.0261. The number of aromatic nitrogens is 2. The third kappa shape index (κ3) is 7.15. The Morgan fingerprint density at radius 2 is 1.85 bits per heavy atom. The number of amides is 1. The third-order valence-electron chi connectivity index (χ3n) is 6.02. The SMILES string of the molecule is Cc1oc(=O)oc1COC(=O)C(O)CC(Cc1ccc(-c2cccc(Cl)c2)cc1)NC(=O)c1cc(=O)n(C)[nH]1. The first-order valence-electron chi connectivity index (χ1n) is 11.9. The van der Waals surface area contributed by atoms with Crippen LogP contribution in [0.25, 0.3) is 11.1 Å². The Hall–Kier alpha value is -4.35. The van der Waals surface area contributed by atoms with Crippen molar-refractivity contribution >= 4 is 23.5 Å². The molecule has 3 N–H and O–H groups in total. The molecule has 0 radical (unpaired) electrons. The van der Waals surface area contributed by atoms with Gasteiger partial charge in [0.05, 0.1) is 0 Å². The van der Waals surface area contributed by atoms with E-state index in [0.29, 0.717) is 5.02 Å². The number of aromatic amines is 1. The summed E-state index contributed by atoms with van der Waals surface area (Å²) in [6.07, 6.45) is -1.53. The zero-order valence-corrected chi connectivity index (χ0v) is 21.9. The number of carbonyl (C=O) groups excluding carboxylic acids is 2. The van der Waals surface area contributed by atoms with Crippen molar-refractivity contribution < 1.29 is 28.3 Å². The molecule has 2 atom stereocenters. The number of carbonyl (C=O) groups is 2. The zero-order chi connectivity index (χ0) is 28.1. The van der Waals surface area contributed by atoms with Crippen molar-refractivity contribution in [2.45, 2.75) is 38.5 Å². The minimum atomic E-state index is -1.60. The second-order valence-electron chi connectivity index (χ2n) is 8.94. The summed E-state index contributed by atoms with van der Waals surface area (Å²) in [5, 5.41) is 16.6. The van der Waals surface area contributed by atoms with Gasteiger partial charge in [0.2, 0.25) is 0 Å². The summed E-state index contributed by atoms with van der Waals surface area (Å²) >= 11 is 6.10. The molecule has 4 aromatic rings. The molecule has 0 bridgehead atoms. The van der Waals surface area contributed by atoms with Crippen molar-refractivity contribution in [3.05, 3.63) is 103 Å². The maximum absolute atomic E-state index is 12.8. The van der Waals surface area contributed by atoms with E-state index < -0.39 is 42.0 Å². The molecule has 2 unspecified atom stereocenters. The average Bonchev–Trinajstić information content (AvgIpc) is 3.41. The average molecular weight is 556 g/mol. The lowest BCUT2D eigenvalue weighted by Crippen LogP contribution is -2.41. The van der Waals surface area contributed by atoms with Crippen molar-refractivity contribution in [3.8, 4) is 11.1 Å². The van der Waals surface area contributed by atoms with Crippen LogP contribution in [0.3, 0.4) is 0 Å². The number of aliphatic hydroxyl groups excluding tert-OH is 1. The number of H-pyrrole nitrogens is 1. The van der Waals surface area contributed by atoms with Crippen molar-refractivity contribution in [3.63, 3.8) is 0 Å². The van der Waals surface area contributed by atoms with E-state index in [2.05, 4.69) is 10.4 Å². The number of hydrogen-bond acceptors (Lipinski definition) is 8. The topological polar surface area (TPSA) is 157 Å². The first-order chi connectivity index (χ1) is 18.6. The van der Waals surface area contributed by atoms with Gasteiger partial charge < -0.3 is 24.0 Å². The first-order valence-corrected chi connectivity index (χ1v) is 12.3. The van der Waals surface area contributed by atoms with Crippen LogP contribution in [0.4, 0.5) is 0 Å². The molecule has 4 rings (SSSR count). The quantitative estimate of drug-likeness (QED) is 0.252. The fourth-order valence-electron chi connectivity index (χ4n) is 3.95. The van der Waals surface area contributed by atoms with Gasteiger partial charge in [-0.05, 0) is 42.2 Å². The maximum Gasteiger partial charge on any atom is 0.519 e. The molecule has 0 aliphatic carbocycles. The maximum atomic E-state index is 12.8. The number of hydrogen-bond donors (Lipinski definition) is 3. The van der Waals surface area contributed by atoms with Crippen molar-refractivity contribution in [1.82, 2.24) is 15.1 Å². The van der Waals surface area contributed by atoms with Gasteiger partial charge in [-0.15, -0.1) is 0 Å². The monoisotopic (exact) mass is 555 g/mol. The number of nitrogens with one attached hydrogen (secondary N) is 2. The summed E-state index contributed by atoms with van der Waals surface area (Å²) in [6.45, 7) is 1.07. The highest BCUT2D eigenvalue weighted by atomic mass is 35.5. The molecule has 2 heterocycles. The van der Waals surface area contributed by atoms with E-state index in [9.17, 15) is 24.3 Å². The number of rotatable bonds is 10. The van der Waals surface area contributed by atoms with Gasteiger partial charge in [-0.2, -0.15) is 0 Å². The highest BCUT2D eigenvalue weighted by molar-refractivity contribution is 6.30. The summed E-state index contributed by atoms with van der Waals surface area (Å²) in [4.78, 5) is 48.2. The number of aryl methyl sites for hydroxylation is 2. The van der Waals surface area contributed by atoms with Gasteiger partial charge in [0.25, 0.3) is 11.5 Å². The minimum Gasteiger partial charge on any atom is -0.455 e. The van der Waals surface area contributed by atoms with Crippen LogP contribution in [-0.4, -0.2) is 38.9 Å². The van der Waals surface area contributed by atoms with Crippen molar-refractivity contribution in [2.75, 3.05) is 0 Å². The van der Waals surface area contributed by atoms with E-state index in [1.807, 2.05) is 42.5 Å². The fourth-order valence-corrected chi connectivity index (χ4v) is 4.14. The zero-order valence-electron chi connectivity index (χ0n) is 21.1. The standard InChI is InChI=1S/C27H26ClN3O8/c1-15-23(39-27(36)38-15)14-37-26(35)22(32)12-20(29-25(34)21-13-24(33)31(2)30-21)10-16-6-8-17(9-7-16)18-4-3-5-19(28)11-18/h3-9,11,13,20,22,30,32H,10,12,14H2,1-2H3,(H,29,34). The molecular formula is C27H26ClN3O8. The third-order valence-corrected chi connectivity index (χ3v) is 6.26. The Morgan fingerprint density at radius 3 is 2.46 bits per heavy atom. The molecule has 11 nitrogen and oxygen atoms in total. The normalized spacial score (nSPS) is 12.6. The van der Waals surface area contributed by atoms with Gasteiger partial charge in [0, 0.05) is 30.6 Å². The molecular weight excluding hydrogens is 530 g/mol. The molecule has 0 spiro atoms. The van der Waals surface area contributed by atoms with Gasteiger partial charge in [0.1, 0.15) is 5.69 Å². The van der Waals surface area contributed by atoms with Gasteiger partial charge >= 0.3 is 11.8 Å². The fraction of sp³-hybridized carbons (Fsp3) is 0.259. The lowest BCUT2D eigenvalue weighted by Gasteiger charge is -2.21. The number of ether oxygens (including phenoxy) is 1. The predicted octanol–water partition coefficient (Wildman–Crippen LogP) is 2.72. The smallest absolute Gasteiger partial charge is 0.455 e. The number of nitrogens with zero attached hydrogens (tertiary/aromatic N) is 1. The lowest BCUT2D eigenvalue weighted by molar-refractivity contribution is -0.156. The molecule has 204 valence electrons. The van der Waals surface area contributed by atoms with Gasteiger partial charge in [0.15, 0.2) is 24.2 Å². The van der Waals surface area contributed by atoms with Crippen LogP contribution >= 0.6 is 11.6 Å². The van der Waals surface area contributed by atoms with Crippen molar-refractivity contribution in [1.29, 1.82) is 0 Å². The second kappa shape index (κ2) is 12.0. The number of halogens is 1. The molecule has 2 aromatic carbocycles. The van der Waals surface area contributed by atoms with Crippen LogP contribution in [0, 0.1) is 6.92 Å². The molecule has 0 aliphatic rings. The largest absolute Gasteiger partial charge is 0.519 e. The highest BCUT2D eigenvalue weighted by Gasteiger charge is 2.25. The summed E-state index contributed by atoms with van der Waals surface area (Å²) in [5.41, 5.74) is 2.34. The summed E-state index contributed by atoms with van der Waals surface area (Å²) in [6, 6.07) is 15.4. The van der Waals surface area contributed by atoms with Gasteiger partial charge in [-0.1, -0.05) is 48.0 Å². The van der Waals surface area contributed by atoms with E-state index in [1.54, 1.807) is 6.07 Å². The van der Waals surface area contributed by atoms with Crippen LogP contribution in [0.1, 0.15) is 34.0 Å². The molecule has 1 amide bonds. The van der Waals surface area contributed by atoms with Crippen LogP contribution < -0.4 is 16.7 Å². The Labute approximate surface area is 227 Å². The highest BCUT2D eigenvalue weighted by Crippen LogP contribution is 2.23. The van der Waals surface area contributed by atoms with Crippen LogP contribution in [0.15, 0.2) is 73.0 Å². The number of esters is 1. The molecule has 39 heavy (non-hydrogen) atoms. The van der Waals surface area contributed by atoms with E-state index in [4.69, 9.17) is 25.2 Å². The van der Waals surface area contributed by atoms with E-state index in [-0.39, 0.29) is 30.1 Å². The van der Waals surface area contributed by atoms with Gasteiger partial charge in [-0.25, -0.2) is 9.59 Å². The molecule has 12 heteroatoms. The predicted molar refractivity (Wildman–Crippen MR) is 140 cm³/mol. The number of benzene rings is 2. The molecule has 0 aliphatic heterocycles. The van der Waals surface area contributed by atoms with Crippen molar-refractivity contribution in [2.24, 2.45) is 7.05 Å². The molecule has 0 saturated heterocycles. The molecule has 0 fully saturated rings. The second-order valence-corrected chi connectivity index (χ2v) is 9.38. The molecule has 2 aromatic heterocycles. The number of aliphatic hydroxyl groups is 1. The van der Waals surface area contributed by atoms with Gasteiger partial charge in [-0.3, -0.25) is 19.4 Å². The van der Waals surface area contributed by atoms with Crippen LogP contribution in [0.5, 0.6) is 0 Å². The Kier molecular flexibility index (Phi) is 8.52. The Morgan fingerprint density at radius 1 is 1.10 bits per heavy atom. The Balaban J connectivity index is 1.47. The van der Waals surface area contributed by atoms with E-state index in [1.165, 1.54) is 14.0 Å². The first kappa shape index (κ1) is 27.7. The summed E-state index contributed by atoms with van der Waals surface area (Å²) in [7, 11) is 1.47. The van der Waals surface area contributed by atoms with E-state index >= 15 is 0 Å². The summed E-state index contributed by atoms with van der Waals surface area (Å²) in [5.74, 6) is -2.29. The Bertz CT molecular complexity index is 1580. The van der Waals surface area contributed by atoms with Crippen LogP contribution in [-0.2, 0) is 29.6 Å². The molecule has 0 saturated carbocycles. The van der Waals surface area contributed by atoms with E-state index in [0.717, 1.165) is 27.4 Å².